The monoisotopic (exact) mass is 205 g/mol. The summed E-state index contributed by atoms with van der Waals surface area (Å²) in [7, 11) is 0. The van der Waals surface area contributed by atoms with E-state index in [0.717, 1.165) is 5.69 Å². The third kappa shape index (κ3) is 1.98. The molecule has 15 heavy (non-hydrogen) atoms. The van der Waals surface area contributed by atoms with Crippen LogP contribution >= 0.6 is 0 Å². The van der Waals surface area contributed by atoms with Gasteiger partial charge < -0.3 is 9.47 Å². The zero-order valence-corrected chi connectivity index (χ0v) is 8.56. The van der Waals surface area contributed by atoms with Crippen molar-refractivity contribution >= 4 is 12.2 Å². The average molecular weight is 205 g/mol. The summed E-state index contributed by atoms with van der Waals surface area (Å²) in [6, 6.07) is 5.52. The summed E-state index contributed by atoms with van der Waals surface area (Å²) in [5.74, 6) is 0.478. The predicted octanol–water partition coefficient (Wildman–Crippen LogP) is 2.37. The molecule has 0 aromatic carbocycles. The zero-order valence-electron chi connectivity index (χ0n) is 8.56. The summed E-state index contributed by atoms with van der Waals surface area (Å²) >= 11 is 0. The number of nitrogens with zero attached hydrogens (tertiary/aromatic N) is 1. The lowest BCUT2D eigenvalue weighted by Gasteiger charge is -2.13. The third-order valence-corrected chi connectivity index (χ3v) is 2.09. The van der Waals surface area contributed by atoms with Gasteiger partial charge in [0.05, 0.1) is 5.69 Å². The highest BCUT2D eigenvalue weighted by atomic mass is 16.8. The van der Waals surface area contributed by atoms with Gasteiger partial charge >= 0.3 is 6.16 Å². The van der Waals surface area contributed by atoms with Crippen LogP contribution in [0.15, 0.2) is 30.2 Å². The Morgan fingerprint density at radius 1 is 1.40 bits per heavy atom. The van der Waals surface area contributed by atoms with E-state index in [1.165, 1.54) is 0 Å². The van der Waals surface area contributed by atoms with Gasteiger partial charge in [-0.3, -0.25) is 4.98 Å². The fourth-order valence-corrected chi connectivity index (χ4v) is 1.29. The number of aromatic nitrogens is 1. The molecule has 1 aliphatic heterocycles. The van der Waals surface area contributed by atoms with Crippen molar-refractivity contribution in [1.82, 2.24) is 4.98 Å². The number of hydrogen-bond donors (Lipinski definition) is 0. The van der Waals surface area contributed by atoms with Crippen LogP contribution in [0.25, 0.3) is 6.08 Å². The van der Waals surface area contributed by atoms with E-state index in [4.69, 9.17) is 9.47 Å². The molecule has 0 radical (unpaired) electrons. The van der Waals surface area contributed by atoms with E-state index in [0.29, 0.717) is 5.76 Å². The molecule has 0 amide bonds. The lowest BCUT2D eigenvalue weighted by Crippen LogP contribution is -2.20. The highest BCUT2D eigenvalue weighted by Gasteiger charge is 2.39. The molecule has 0 N–H and O–H groups in total. The molecular formula is C11H11NO3. The van der Waals surface area contributed by atoms with E-state index >= 15 is 0 Å². The molecule has 0 saturated carbocycles. The van der Waals surface area contributed by atoms with Crippen LogP contribution in [0, 0.1) is 0 Å². The first-order chi connectivity index (χ1) is 7.08. The van der Waals surface area contributed by atoms with Crippen molar-refractivity contribution in [3.8, 4) is 0 Å². The molecule has 0 unspecified atom stereocenters. The first-order valence-corrected chi connectivity index (χ1v) is 4.62. The van der Waals surface area contributed by atoms with Gasteiger partial charge in [-0.1, -0.05) is 6.07 Å². The molecule has 1 saturated heterocycles. The van der Waals surface area contributed by atoms with Gasteiger partial charge in [-0.15, -0.1) is 0 Å². The maximum Gasteiger partial charge on any atom is 0.514 e. The van der Waals surface area contributed by atoms with Crippen LogP contribution in [0.3, 0.4) is 0 Å². The predicted molar refractivity (Wildman–Crippen MR) is 53.9 cm³/mol. The minimum atomic E-state index is -0.714. The molecule has 0 bridgehead atoms. The number of pyridine rings is 1. The maximum atomic E-state index is 11.0. The topological polar surface area (TPSA) is 48.4 Å². The zero-order chi connectivity index (χ0) is 10.9. The van der Waals surface area contributed by atoms with E-state index < -0.39 is 11.8 Å². The molecular weight excluding hydrogens is 194 g/mol. The number of cyclic esters (lactones) is 2. The molecule has 1 fully saturated rings. The lowest BCUT2D eigenvalue weighted by atomic mass is 10.1. The molecule has 4 nitrogen and oxygen atoms in total. The molecule has 4 heteroatoms. The van der Waals surface area contributed by atoms with Gasteiger partial charge in [0.1, 0.15) is 0 Å². The molecule has 1 aromatic rings. The number of carbonyl (C=O) groups excluding carboxylic acids is 1. The van der Waals surface area contributed by atoms with Crippen LogP contribution in [-0.2, 0) is 9.47 Å². The van der Waals surface area contributed by atoms with Gasteiger partial charge in [0.25, 0.3) is 0 Å². The minimum Gasteiger partial charge on any atom is -0.420 e. The Kier molecular flexibility index (Phi) is 2.19. The Bertz CT molecular complexity index is 409. The van der Waals surface area contributed by atoms with E-state index in [2.05, 4.69) is 4.98 Å². The van der Waals surface area contributed by atoms with Crippen molar-refractivity contribution in [2.75, 3.05) is 0 Å². The smallest absolute Gasteiger partial charge is 0.420 e. The maximum absolute atomic E-state index is 11.0. The normalized spacial score (nSPS) is 21.2. The Morgan fingerprint density at radius 3 is 2.73 bits per heavy atom. The van der Waals surface area contributed by atoms with E-state index in [1.807, 2.05) is 18.2 Å². The van der Waals surface area contributed by atoms with Crippen molar-refractivity contribution in [2.24, 2.45) is 0 Å². The molecule has 2 rings (SSSR count). The van der Waals surface area contributed by atoms with Crippen LogP contribution in [0.5, 0.6) is 0 Å². The fourth-order valence-electron chi connectivity index (χ4n) is 1.29. The van der Waals surface area contributed by atoms with Crippen LogP contribution in [0.4, 0.5) is 4.79 Å². The van der Waals surface area contributed by atoms with Crippen LogP contribution in [-0.4, -0.2) is 16.7 Å². The first kappa shape index (κ1) is 9.71. The second-order valence-electron chi connectivity index (χ2n) is 3.73. The molecule has 0 spiro atoms. The Balaban J connectivity index is 2.32. The number of carbonyl (C=O) groups is 1. The van der Waals surface area contributed by atoms with Crippen molar-refractivity contribution in [3.05, 3.63) is 35.8 Å². The largest absolute Gasteiger partial charge is 0.514 e. The van der Waals surface area contributed by atoms with E-state index in [9.17, 15) is 4.79 Å². The molecule has 78 valence electrons. The van der Waals surface area contributed by atoms with Gasteiger partial charge in [-0.2, -0.15) is 0 Å². The number of hydrogen-bond acceptors (Lipinski definition) is 4. The molecule has 0 atom stereocenters. The Hall–Kier alpha value is -1.84. The third-order valence-electron chi connectivity index (χ3n) is 2.09. The minimum absolute atomic E-state index is 0.478. The van der Waals surface area contributed by atoms with Gasteiger partial charge in [0.15, 0.2) is 11.4 Å². The van der Waals surface area contributed by atoms with Crippen molar-refractivity contribution in [1.29, 1.82) is 0 Å². The van der Waals surface area contributed by atoms with Gasteiger partial charge in [-0.05, 0) is 26.0 Å². The highest BCUT2D eigenvalue weighted by Crippen LogP contribution is 2.30. The Morgan fingerprint density at radius 2 is 2.20 bits per heavy atom. The van der Waals surface area contributed by atoms with Gasteiger partial charge in [-0.25, -0.2) is 4.79 Å². The summed E-state index contributed by atoms with van der Waals surface area (Å²) in [6.07, 6.45) is 2.71. The van der Waals surface area contributed by atoms with E-state index in [-0.39, 0.29) is 0 Å². The second kappa shape index (κ2) is 3.38. The number of ether oxygens (including phenoxy) is 2. The van der Waals surface area contributed by atoms with Crippen LogP contribution in [0.1, 0.15) is 19.5 Å². The quantitative estimate of drug-likeness (QED) is 0.660. The molecule has 0 aliphatic carbocycles. The molecule has 1 aliphatic rings. The summed E-state index contributed by atoms with van der Waals surface area (Å²) in [5.41, 5.74) is 0.0214. The van der Waals surface area contributed by atoms with Gasteiger partial charge in [0, 0.05) is 12.3 Å². The van der Waals surface area contributed by atoms with Crippen molar-refractivity contribution in [2.45, 2.75) is 19.4 Å². The van der Waals surface area contributed by atoms with E-state index in [1.54, 1.807) is 26.1 Å². The summed E-state index contributed by atoms with van der Waals surface area (Å²) in [5, 5.41) is 0. The Labute approximate surface area is 87.5 Å². The number of rotatable bonds is 1. The van der Waals surface area contributed by atoms with Crippen LogP contribution in [0.2, 0.25) is 0 Å². The molecule has 2 heterocycles. The standard InChI is InChI=1S/C11H11NO3/c1-11(2)9(14-10(13)15-11)7-8-5-3-4-6-12-8/h3-7H,1-2H3/b9-7-. The van der Waals surface area contributed by atoms with Crippen molar-refractivity contribution < 1.29 is 14.3 Å². The average Bonchev–Trinajstić information content (AvgIpc) is 2.41. The summed E-state index contributed by atoms with van der Waals surface area (Å²) in [6.45, 7) is 3.54. The van der Waals surface area contributed by atoms with Gasteiger partial charge in [0.2, 0.25) is 0 Å². The summed E-state index contributed by atoms with van der Waals surface area (Å²) in [4.78, 5) is 15.1. The highest BCUT2D eigenvalue weighted by molar-refractivity contribution is 5.69. The lowest BCUT2D eigenvalue weighted by molar-refractivity contribution is 0.0873. The second-order valence-corrected chi connectivity index (χ2v) is 3.73. The van der Waals surface area contributed by atoms with Crippen LogP contribution < -0.4 is 0 Å². The molecule has 1 aromatic heterocycles. The van der Waals surface area contributed by atoms with Crippen molar-refractivity contribution in [3.63, 3.8) is 0 Å². The first-order valence-electron chi connectivity index (χ1n) is 4.62. The SMILES string of the molecule is CC1(C)OC(=O)O/C1=C\c1ccccn1. The fraction of sp³-hybridized carbons (Fsp3) is 0.273. The summed E-state index contributed by atoms with van der Waals surface area (Å²) < 4.78 is 9.92.